The van der Waals surface area contributed by atoms with Crippen LogP contribution in [0.3, 0.4) is 0 Å². The molecule has 0 rings (SSSR count). The summed E-state index contributed by atoms with van der Waals surface area (Å²) in [7, 11) is 2.73. The predicted molar refractivity (Wildman–Crippen MR) is 44.1 cm³/mol. The average Bonchev–Trinajstić information content (AvgIpc) is 2.12. The molecule has 0 saturated carbocycles. The Morgan fingerprint density at radius 2 is 1.85 bits per heavy atom. The number of carbonyl (C=O) groups is 2. The Balaban J connectivity index is 3.25. The molecular formula is C8H14O5. The van der Waals surface area contributed by atoms with E-state index in [-0.39, 0.29) is 25.6 Å². The fourth-order valence-electron chi connectivity index (χ4n) is 0.664. The van der Waals surface area contributed by atoms with Crippen LogP contribution in [0.15, 0.2) is 0 Å². The number of hydrogen-bond donors (Lipinski definition) is 0. The molecule has 0 atom stereocenters. The zero-order chi connectivity index (χ0) is 10.1. The fraction of sp³-hybridized carbons (Fsp3) is 0.750. The Hall–Kier alpha value is -1.10. The molecule has 5 nitrogen and oxygen atoms in total. The van der Waals surface area contributed by atoms with E-state index in [2.05, 4.69) is 9.47 Å². The van der Waals surface area contributed by atoms with Gasteiger partial charge in [-0.25, -0.2) is 4.79 Å². The summed E-state index contributed by atoms with van der Waals surface area (Å²) in [5, 5.41) is 0. The van der Waals surface area contributed by atoms with E-state index in [1.54, 1.807) is 0 Å². The van der Waals surface area contributed by atoms with Gasteiger partial charge in [-0.1, -0.05) is 0 Å². The fourth-order valence-corrected chi connectivity index (χ4v) is 0.664. The van der Waals surface area contributed by atoms with E-state index < -0.39 is 5.97 Å². The van der Waals surface area contributed by atoms with Crippen molar-refractivity contribution < 1.29 is 23.8 Å². The van der Waals surface area contributed by atoms with Gasteiger partial charge in [-0.05, 0) is 6.42 Å². The minimum atomic E-state index is -0.424. The van der Waals surface area contributed by atoms with Crippen LogP contribution >= 0.6 is 0 Å². The van der Waals surface area contributed by atoms with Gasteiger partial charge >= 0.3 is 11.9 Å². The summed E-state index contributed by atoms with van der Waals surface area (Å²) in [6.07, 6.45) is 0.735. The molecule has 0 amide bonds. The van der Waals surface area contributed by atoms with Gasteiger partial charge in [-0.3, -0.25) is 4.79 Å². The van der Waals surface area contributed by atoms with Gasteiger partial charge in [0.15, 0.2) is 0 Å². The molecule has 0 bridgehead atoms. The summed E-state index contributed by atoms with van der Waals surface area (Å²) in [4.78, 5) is 21.3. The van der Waals surface area contributed by atoms with E-state index in [0.29, 0.717) is 6.42 Å². The Morgan fingerprint density at radius 3 is 2.38 bits per heavy atom. The van der Waals surface area contributed by atoms with Gasteiger partial charge in [0.05, 0.1) is 13.7 Å². The largest absolute Gasteiger partial charge is 0.469 e. The van der Waals surface area contributed by atoms with Gasteiger partial charge in [0.1, 0.15) is 6.61 Å². The Bertz CT molecular complexity index is 166. The molecule has 0 aliphatic rings. The summed E-state index contributed by atoms with van der Waals surface area (Å²) < 4.78 is 13.6. The van der Waals surface area contributed by atoms with E-state index in [1.165, 1.54) is 14.2 Å². The van der Waals surface area contributed by atoms with Crippen LogP contribution in [0.1, 0.15) is 12.8 Å². The second kappa shape index (κ2) is 7.54. The lowest BCUT2D eigenvalue weighted by Crippen LogP contribution is -2.12. The van der Waals surface area contributed by atoms with Gasteiger partial charge in [-0.15, -0.1) is 0 Å². The SMILES string of the molecule is COCC(=O)OCCCC(=O)OC. The first-order valence-electron chi connectivity index (χ1n) is 3.92. The smallest absolute Gasteiger partial charge is 0.332 e. The molecule has 13 heavy (non-hydrogen) atoms. The van der Waals surface area contributed by atoms with E-state index in [0.717, 1.165) is 0 Å². The number of rotatable bonds is 6. The first kappa shape index (κ1) is 11.9. The quantitative estimate of drug-likeness (QED) is 0.440. The Labute approximate surface area is 77.0 Å². The molecule has 0 unspecified atom stereocenters. The molecule has 0 aliphatic heterocycles. The Kier molecular flexibility index (Phi) is 6.91. The highest BCUT2D eigenvalue weighted by Crippen LogP contribution is 1.92. The normalized spacial score (nSPS) is 9.38. The predicted octanol–water partition coefficient (Wildman–Crippen LogP) is 0.129. The summed E-state index contributed by atoms with van der Waals surface area (Å²) in [6.45, 7) is 0.162. The lowest BCUT2D eigenvalue weighted by atomic mass is 10.3. The topological polar surface area (TPSA) is 61.8 Å². The Morgan fingerprint density at radius 1 is 1.15 bits per heavy atom. The van der Waals surface area contributed by atoms with Gasteiger partial charge in [-0.2, -0.15) is 0 Å². The van der Waals surface area contributed by atoms with Crippen LogP contribution in [0, 0.1) is 0 Å². The van der Waals surface area contributed by atoms with Crippen molar-refractivity contribution in [3.05, 3.63) is 0 Å². The number of hydrogen-bond acceptors (Lipinski definition) is 5. The number of methoxy groups -OCH3 is 2. The van der Waals surface area contributed by atoms with Crippen molar-refractivity contribution in [3.8, 4) is 0 Å². The third kappa shape index (κ3) is 7.27. The lowest BCUT2D eigenvalue weighted by molar-refractivity contribution is -0.149. The summed E-state index contributed by atoms with van der Waals surface area (Å²) >= 11 is 0. The third-order valence-corrected chi connectivity index (χ3v) is 1.28. The maximum absolute atomic E-state index is 10.7. The van der Waals surface area contributed by atoms with Crippen LogP contribution in [-0.2, 0) is 23.8 Å². The summed E-state index contributed by atoms with van der Waals surface area (Å²) in [5.74, 6) is -0.727. The van der Waals surface area contributed by atoms with Crippen molar-refractivity contribution in [3.63, 3.8) is 0 Å². The van der Waals surface area contributed by atoms with Crippen molar-refractivity contribution in [2.45, 2.75) is 12.8 Å². The van der Waals surface area contributed by atoms with E-state index in [1.807, 2.05) is 0 Å². The molecular weight excluding hydrogens is 176 g/mol. The van der Waals surface area contributed by atoms with E-state index in [4.69, 9.17) is 4.74 Å². The molecule has 0 N–H and O–H groups in total. The number of esters is 2. The highest BCUT2D eigenvalue weighted by atomic mass is 16.6. The van der Waals surface area contributed by atoms with Gasteiger partial charge < -0.3 is 14.2 Å². The second-order valence-corrected chi connectivity index (χ2v) is 2.33. The van der Waals surface area contributed by atoms with Crippen molar-refractivity contribution in [1.82, 2.24) is 0 Å². The molecule has 5 heteroatoms. The monoisotopic (exact) mass is 190 g/mol. The van der Waals surface area contributed by atoms with Gasteiger partial charge in [0.25, 0.3) is 0 Å². The van der Waals surface area contributed by atoms with Crippen LogP contribution in [0.2, 0.25) is 0 Å². The molecule has 76 valence electrons. The first-order chi connectivity index (χ1) is 6.20. The van der Waals surface area contributed by atoms with Gasteiger partial charge in [0.2, 0.25) is 0 Å². The highest BCUT2D eigenvalue weighted by molar-refractivity contribution is 5.71. The van der Waals surface area contributed by atoms with Crippen LogP contribution in [-0.4, -0.2) is 39.4 Å². The molecule has 0 saturated heterocycles. The molecule has 0 spiro atoms. The van der Waals surface area contributed by atoms with Crippen LogP contribution < -0.4 is 0 Å². The molecule has 0 aliphatic carbocycles. The minimum absolute atomic E-state index is 0.0573. The van der Waals surface area contributed by atoms with Crippen molar-refractivity contribution in [1.29, 1.82) is 0 Å². The molecule has 0 aromatic carbocycles. The summed E-state index contributed by atoms with van der Waals surface area (Å²) in [6, 6.07) is 0. The number of ether oxygens (including phenoxy) is 3. The van der Waals surface area contributed by atoms with Crippen molar-refractivity contribution in [2.75, 3.05) is 27.4 Å². The van der Waals surface area contributed by atoms with Crippen LogP contribution in [0.4, 0.5) is 0 Å². The first-order valence-corrected chi connectivity index (χ1v) is 3.92. The van der Waals surface area contributed by atoms with Crippen molar-refractivity contribution in [2.24, 2.45) is 0 Å². The van der Waals surface area contributed by atoms with Crippen LogP contribution in [0.25, 0.3) is 0 Å². The zero-order valence-electron chi connectivity index (χ0n) is 7.87. The summed E-state index contributed by atoms with van der Waals surface area (Å²) in [5.41, 5.74) is 0. The van der Waals surface area contributed by atoms with Crippen LogP contribution in [0.5, 0.6) is 0 Å². The zero-order valence-corrected chi connectivity index (χ0v) is 7.87. The van der Waals surface area contributed by atoms with E-state index in [9.17, 15) is 9.59 Å². The molecule has 0 fully saturated rings. The number of carbonyl (C=O) groups excluding carboxylic acids is 2. The maximum atomic E-state index is 10.7. The average molecular weight is 190 g/mol. The van der Waals surface area contributed by atoms with Gasteiger partial charge in [0, 0.05) is 13.5 Å². The highest BCUT2D eigenvalue weighted by Gasteiger charge is 2.03. The molecule has 0 radical (unpaired) electrons. The molecule has 0 heterocycles. The standard InChI is InChI=1S/C8H14O5/c1-11-6-8(10)13-5-3-4-7(9)12-2/h3-6H2,1-2H3. The lowest BCUT2D eigenvalue weighted by Gasteiger charge is -2.02. The van der Waals surface area contributed by atoms with E-state index >= 15 is 0 Å². The molecule has 0 aromatic rings. The minimum Gasteiger partial charge on any atom is -0.469 e. The second-order valence-electron chi connectivity index (χ2n) is 2.33. The third-order valence-electron chi connectivity index (χ3n) is 1.28. The maximum Gasteiger partial charge on any atom is 0.332 e. The molecule has 0 aromatic heterocycles. The van der Waals surface area contributed by atoms with Crippen molar-refractivity contribution >= 4 is 11.9 Å².